The summed E-state index contributed by atoms with van der Waals surface area (Å²) in [5.74, 6) is -0.0157. The minimum Gasteiger partial charge on any atom is -0.316 e. The number of hydrogen-bond donors (Lipinski definition) is 2. The molecule has 1 aromatic carbocycles. The highest BCUT2D eigenvalue weighted by atomic mass is 32.2. The van der Waals surface area contributed by atoms with E-state index >= 15 is 0 Å². The van der Waals surface area contributed by atoms with Crippen LogP contribution in [0.3, 0.4) is 0 Å². The zero-order valence-corrected chi connectivity index (χ0v) is 10.8. The molecule has 2 N–H and O–H groups in total. The van der Waals surface area contributed by atoms with Crippen LogP contribution in [0.25, 0.3) is 0 Å². The maximum absolute atomic E-state index is 13.0. The fraction of sp³-hybridized carbons (Fsp3) is 0.500. The van der Waals surface area contributed by atoms with Gasteiger partial charge in [-0.05, 0) is 50.0 Å². The molecule has 0 aromatic heterocycles. The van der Waals surface area contributed by atoms with E-state index in [1.807, 2.05) is 0 Å². The highest BCUT2D eigenvalue weighted by Crippen LogP contribution is 2.13. The number of sulfonamides is 1. The van der Waals surface area contributed by atoms with Gasteiger partial charge in [-0.25, -0.2) is 17.5 Å². The lowest BCUT2D eigenvalue weighted by molar-refractivity contribution is 0.519. The van der Waals surface area contributed by atoms with E-state index in [9.17, 15) is 12.8 Å². The van der Waals surface area contributed by atoms with E-state index in [-0.39, 0.29) is 4.90 Å². The lowest BCUT2D eigenvalue weighted by Gasteiger charge is -2.10. The van der Waals surface area contributed by atoms with E-state index in [1.165, 1.54) is 18.2 Å². The Bertz CT molecular complexity index is 499. The van der Waals surface area contributed by atoms with Crippen LogP contribution in [-0.2, 0) is 10.0 Å². The summed E-state index contributed by atoms with van der Waals surface area (Å²) in [4.78, 5) is -0.0213. The Kier molecular flexibility index (Phi) is 4.31. The molecule has 0 bridgehead atoms. The second kappa shape index (κ2) is 5.77. The van der Waals surface area contributed by atoms with Crippen LogP contribution in [-0.4, -0.2) is 28.1 Å². The van der Waals surface area contributed by atoms with Gasteiger partial charge in [0.2, 0.25) is 10.0 Å². The molecule has 2 rings (SSSR count). The van der Waals surface area contributed by atoms with Crippen molar-refractivity contribution in [2.24, 2.45) is 5.92 Å². The van der Waals surface area contributed by atoms with Gasteiger partial charge in [0.05, 0.1) is 4.90 Å². The topological polar surface area (TPSA) is 58.2 Å². The Morgan fingerprint density at radius 2 is 2.28 bits per heavy atom. The Labute approximate surface area is 107 Å². The highest BCUT2D eigenvalue weighted by Gasteiger charge is 2.17. The van der Waals surface area contributed by atoms with Gasteiger partial charge >= 0.3 is 0 Å². The Balaban J connectivity index is 1.90. The highest BCUT2D eigenvalue weighted by molar-refractivity contribution is 7.89. The first-order valence-electron chi connectivity index (χ1n) is 6.04. The molecule has 4 nitrogen and oxygen atoms in total. The van der Waals surface area contributed by atoms with Crippen LogP contribution in [0.15, 0.2) is 29.2 Å². The van der Waals surface area contributed by atoms with Gasteiger partial charge in [0.1, 0.15) is 5.82 Å². The molecule has 1 atom stereocenters. The van der Waals surface area contributed by atoms with Crippen LogP contribution < -0.4 is 10.0 Å². The summed E-state index contributed by atoms with van der Waals surface area (Å²) in [5, 5.41) is 3.23. The predicted octanol–water partition coefficient (Wildman–Crippen LogP) is 1.10. The van der Waals surface area contributed by atoms with Gasteiger partial charge in [-0.2, -0.15) is 0 Å². The van der Waals surface area contributed by atoms with Crippen molar-refractivity contribution in [3.8, 4) is 0 Å². The third-order valence-electron chi connectivity index (χ3n) is 3.11. The molecule has 1 unspecified atom stereocenters. The van der Waals surface area contributed by atoms with Gasteiger partial charge < -0.3 is 5.32 Å². The van der Waals surface area contributed by atoms with Crippen molar-refractivity contribution < 1.29 is 12.8 Å². The molecular formula is C12H17FN2O2S. The molecule has 0 aliphatic carbocycles. The third kappa shape index (κ3) is 3.51. The SMILES string of the molecule is O=S(=O)(NCCC1CCNC1)c1cccc(F)c1. The van der Waals surface area contributed by atoms with Crippen molar-refractivity contribution in [3.63, 3.8) is 0 Å². The van der Waals surface area contributed by atoms with Gasteiger partial charge in [-0.3, -0.25) is 0 Å². The van der Waals surface area contributed by atoms with Crippen LogP contribution in [0.2, 0.25) is 0 Å². The van der Waals surface area contributed by atoms with Crippen molar-refractivity contribution >= 4 is 10.0 Å². The molecule has 100 valence electrons. The lowest BCUT2D eigenvalue weighted by atomic mass is 10.1. The van der Waals surface area contributed by atoms with Crippen LogP contribution in [0.4, 0.5) is 4.39 Å². The van der Waals surface area contributed by atoms with E-state index in [0.29, 0.717) is 12.5 Å². The van der Waals surface area contributed by atoms with E-state index in [2.05, 4.69) is 10.0 Å². The maximum Gasteiger partial charge on any atom is 0.240 e. The summed E-state index contributed by atoms with van der Waals surface area (Å²) in [7, 11) is -3.58. The Morgan fingerprint density at radius 3 is 2.94 bits per heavy atom. The molecule has 1 aliphatic heterocycles. The van der Waals surface area contributed by atoms with Crippen LogP contribution in [0.5, 0.6) is 0 Å². The first-order valence-corrected chi connectivity index (χ1v) is 7.52. The average Bonchev–Trinajstić information content (AvgIpc) is 2.82. The number of halogens is 1. The fourth-order valence-corrected chi connectivity index (χ4v) is 3.15. The zero-order valence-electron chi connectivity index (χ0n) is 10.0. The fourth-order valence-electron chi connectivity index (χ4n) is 2.08. The van der Waals surface area contributed by atoms with Crippen molar-refractivity contribution in [1.29, 1.82) is 0 Å². The Hall–Kier alpha value is -0.980. The first-order chi connectivity index (χ1) is 8.58. The zero-order chi connectivity index (χ0) is 13.0. The van der Waals surface area contributed by atoms with Crippen molar-refractivity contribution in [1.82, 2.24) is 10.0 Å². The predicted molar refractivity (Wildman–Crippen MR) is 67.2 cm³/mol. The second-order valence-electron chi connectivity index (χ2n) is 4.50. The molecule has 1 heterocycles. The molecule has 1 aliphatic rings. The minimum absolute atomic E-state index is 0.0213. The average molecular weight is 272 g/mol. The molecule has 0 radical (unpaired) electrons. The molecule has 18 heavy (non-hydrogen) atoms. The van der Waals surface area contributed by atoms with E-state index < -0.39 is 15.8 Å². The molecule has 1 saturated heterocycles. The van der Waals surface area contributed by atoms with E-state index in [4.69, 9.17) is 0 Å². The molecule has 6 heteroatoms. The number of benzene rings is 1. The smallest absolute Gasteiger partial charge is 0.240 e. The normalized spacial score (nSPS) is 20.2. The lowest BCUT2D eigenvalue weighted by Crippen LogP contribution is -2.26. The van der Waals surface area contributed by atoms with Crippen LogP contribution in [0.1, 0.15) is 12.8 Å². The summed E-state index contributed by atoms with van der Waals surface area (Å²) in [5.41, 5.74) is 0. The molecule has 0 amide bonds. The van der Waals surface area contributed by atoms with Gasteiger partial charge in [0.15, 0.2) is 0 Å². The van der Waals surface area contributed by atoms with Crippen LogP contribution >= 0.6 is 0 Å². The molecule has 1 aromatic rings. The summed E-state index contributed by atoms with van der Waals surface area (Å²) >= 11 is 0. The van der Waals surface area contributed by atoms with E-state index in [1.54, 1.807) is 0 Å². The van der Waals surface area contributed by atoms with Gasteiger partial charge in [0, 0.05) is 6.54 Å². The van der Waals surface area contributed by atoms with Gasteiger partial charge in [-0.15, -0.1) is 0 Å². The van der Waals surface area contributed by atoms with Crippen molar-refractivity contribution in [2.45, 2.75) is 17.7 Å². The molecular weight excluding hydrogens is 255 g/mol. The summed E-state index contributed by atoms with van der Waals surface area (Å²) in [6, 6.07) is 5.04. The largest absolute Gasteiger partial charge is 0.316 e. The molecule has 1 fully saturated rings. The summed E-state index contributed by atoms with van der Waals surface area (Å²) in [6.45, 7) is 2.34. The van der Waals surface area contributed by atoms with Gasteiger partial charge in [-0.1, -0.05) is 6.07 Å². The van der Waals surface area contributed by atoms with Crippen LogP contribution in [0, 0.1) is 11.7 Å². The first kappa shape index (κ1) is 13.5. The Morgan fingerprint density at radius 1 is 1.44 bits per heavy atom. The van der Waals surface area contributed by atoms with Crippen molar-refractivity contribution in [2.75, 3.05) is 19.6 Å². The number of rotatable bonds is 5. The minimum atomic E-state index is -3.58. The molecule has 0 saturated carbocycles. The van der Waals surface area contributed by atoms with Gasteiger partial charge in [0.25, 0.3) is 0 Å². The van der Waals surface area contributed by atoms with Crippen molar-refractivity contribution in [3.05, 3.63) is 30.1 Å². The number of hydrogen-bond acceptors (Lipinski definition) is 3. The summed E-state index contributed by atoms with van der Waals surface area (Å²) in [6.07, 6.45) is 1.89. The third-order valence-corrected chi connectivity index (χ3v) is 4.57. The maximum atomic E-state index is 13.0. The standard InChI is InChI=1S/C12H17FN2O2S/c13-11-2-1-3-12(8-11)18(16,17)15-7-5-10-4-6-14-9-10/h1-3,8,10,14-15H,4-7,9H2. The molecule has 0 spiro atoms. The monoisotopic (exact) mass is 272 g/mol. The second-order valence-corrected chi connectivity index (χ2v) is 6.27. The number of nitrogens with one attached hydrogen (secondary N) is 2. The van der Waals surface area contributed by atoms with E-state index in [0.717, 1.165) is 32.0 Å². The summed E-state index contributed by atoms with van der Waals surface area (Å²) < 4.78 is 39.2. The quantitative estimate of drug-likeness (QED) is 0.844.